The van der Waals surface area contributed by atoms with E-state index >= 15 is 0 Å². The van der Waals surface area contributed by atoms with E-state index in [-0.39, 0.29) is 6.61 Å². The summed E-state index contributed by atoms with van der Waals surface area (Å²) in [5.74, 6) is 1.50. The summed E-state index contributed by atoms with van der Waals surface area (Å²) in [6.45, 7) is 3.80. The first-order chi connectivity index (χ1) is 7.20. The molecule has 0 saturated carbocycles. The van der Waals surface area contributed by atoms with E-state index < -0.39 is 0 Å². The Labute approximate surface area is 88.4 Å². The van der Waals surface area contributed by atoms with Crippen LogP contribution >= 0.6 is 0 Å². The molecule has 0 radical (unpaired) electrons. The van der Waals surface area contributed by atoms with Gasteiger partial charge in [0.05, 0.1) is 6.61 Å². The van der Waals surface area contributed by atoms with Gasteiger partial charge in [0.15, 0.2) is 5.89 Å². The van der Waals surface area contributed by atoms with Crippen LogP contribution in [-0.2, 0) is 6.61 Å². The largest absolute Gasteiger partial charge is 0.446 e. The zero-order valence-corrected chi connectivity index (χ0v) is 8.82. The third kappa shape index (κ3) is 1.92. The zero-order valence-electron chi connectivity index (χ0n) is 8.82. The molecule has 3 heteroatoms. The third-order valence-electron chi connectivity index (χ3n) is 2.31. The molecule has 2 aromatic rings. The van der Waals surface area contributed by atoms with E-state index in [0.29, 0.717) is 5.89 Å². The first-order valence-corrected chi connectivity index (χ1v) is 4.85. The van der Waals surface area contributed by atoms with Gasteiger partial charge in [-0.1, -0.05) is 24.3 Å². The van der Waals surface area contributed by atoms with Crippen LogP contribution in [0.1, 0.15) is 17.2 Å². The van der Waals surface area contributed by atoms with Crippen LogP contribution in [0.2, 0.25) is 0 Å². The fourth-order valence-electron chi connectivity index (χ4n) is 1.56. The Kier molecular flexibility index (Phi) is 2.56. The highest BCUT2D eigenvalue weighted by Gasteiger charge is 2.08. The van der Waals surface area contributed by atoms with Crippen LogP contribution in [0.15, 0.2) is 28.7 Å². The monoisotopic (exact) mass is 203 g/mol. The lowest BCUT2D eigenvalue weighted by atomic mass is 10.1. The summed E-state index contributed by atoms with van der Waals surface area (Å²) in [7, 11) is 0. The van der Waals surface area contributed by atoms with Crippen molar-refractivity contribution in [2.75, 3.05) is 0 Å². The Morgan fingerprint density at radius 1 is 1.20 bits per heavy atom. The highest BCUT2D eigenvalue weighted by molar-refractivity contribution is 5.61. The van der Waals surface area contributed by atoms with Crippen molar-refractivity contribution >= 4 is 0 Å². The Hall–Kier alpha value is -1.61. The maximum atomic E-state index is 8.92. The van der Waals surface area contributed by atoms with Crippen LogP contribution in [0.5, 0.6) is 0 Å². The maximum absolute atomic E-state index is 8.92. The molecule has 1 heterocycles. The van der Waals surface area contributed by atoms with Crippen LogP contribution in [0.4, 0.5) is 0 Å². The van der Waals surface area contributed by atoms with Crippen LogP contribution in [0.25, 0.3) is 11.3 Å². The van der Waals surface area contributed by atoms with Crippen molar-refractivity contribution < 1.29 is 9.52 Å². The van der Waals surface area contributed by atoms with Crippen molar-refractivity contribution in [3.8, 4) is 11.3 Å². The lowest BCUT2D eigenvalue weighted by Crippen LogP contribution is -1.84. The lowest BCUT2D eigenvalue weighted by Gasteiger charge is -1.99. The normalized spacial score (nSPS) is 10.6. The number of aryl methyl sites for hydroxylation is 2. The molecule has 1 N–H and O–H groups in total. The molecule has 0 aliphatic heterocycles. The van der Waals surface area contributed by atoms with Gasteiger partial charge in [-0.15, -0.1) is 0 Å². The predicted molar refractivity (Wildman–Crippen MR) is 57.3 cm³/mol. The lowest BCUT2D eigenvalue weighted by molar-refractivity contribution is 0.282. The van der Waals surface area contributed by atoms with Gasteiger partial charge in [0.2, 0.25) is 0 Å². The highest BCUT2D eigenvalue weighted by Crippen LogP contribution is 2.23. The predicted octanol–water partition coefficient (Wildman–Crippen LogP) is 2.45. The molecule has 0 saturated heterocycles. The molecule has 0 fully saturated rings. The number of aromatic nitrogens is 1. The van der Waals surface area contributed by atoms with Gasteiger partial charge in [0, 0.05) is 12.5 Å². The minimum absolute atomic E-state index is 0.0666. The number of hydrogen-bond acceptors (Lipinski definition) is 3. The van der Waals surface area contributed by atoms with Gasteiger partial charge < -0.3 is 9.52 Å². The summed E-state index contributed by atoms with van der Waals surface area (Å²) < 4.78 is 5.36. The quantitative estimate of drug-likeness (QED) is 0.815. The molecule has 15 heavy (non-hydrogen) atoms. The molecule has 0 aliphatic carbocycles. The molecular formula is C12H13NO2. The van der Waals surface area contributed by atoms with Gasteiger partial charge in [-0.05, 0) is 12.5 Å². The third-order valence-corrected chi connectivity index (χ3v) is 2.31. The number of nitrogens with zero attached hydrogens (tertiary/aromatic N) is 1. The number of rotatable bonds is 2. The van der Waals surface area contributed by atoms with Gasteiger partial charge in [-0.3, -0.25) is 0 Å². The molecule has 0 aliphatic rings. The molecule has 3 nitrogen and oxygen atoms in total. The van der Waals surface area contributed by atoms with Crippen LogP contribution in [-0.4, -0.2) is 10.1 Å². The maximum Gasteiger partial charge on any atom is 0.191 e. The van der Waals surface area contributed by atoms with E-state index in [1.54, 1.807) is 0 Å². The number of aliphatic hydroxyl groups is 1. The van der Waals surface area contributed by atoms with Crippen LogP contribution in [0.3, 0.4) is 0 Å². The number of hydrogen-bond donors (Lipinski definition) is 1. The topological polar surface area (TPSA) is 46.3 Å². The average molecular weight is 203 g/mol. The molecule has 0 atom stereocenters. The molecule has 1 aromatic carbocycles. The molecule has 0 bridgehead atoms. The molecule has 0 unspecified atom stereocenters. The standard InChI is InChI=1S/C12H13NO2/c1-8-12(13-9(2)15-8)11-5-3-10(7-14)4-6-11/h3-6,14H,7H2,1-2H3. The fourth-order valence-corrected chi connectivity index (χ4v) is 1.56. The Morgan fingerprint density at radius 2 is 1.87 bits per heavy atom. The number of benzene rings is 1. The first kappa shape index (κ1) is 9.93. The number of oxazole rings is 1. The highest BCUT2D eigenvalue weighted by atomic mass is 16.4. The fraction of sp³-hybridized carbons (Fsp3) is 0.250. The van der Waals surface area contributed by atoms with Crippen molar-refractivity contribution in [2.45, 2.75) is 20.5 Å². The van der Waals surface area contributed by atoms with Crippen molar-refractivity contribution in [3.63, 3.8) is 0 Å². The van der Waals surface area contributed by atoms with Gasteiger partial charge in [-0.25, -0.2) is 4.98 Å². The van der Waals surface area contributed by atoms with Gasteiger partial charge >= 0.3 is 0 Å². The Bertz CT molecular complexity index is 457. The first-order valence-electron chi connectivity index (χ1n) is 4.85. The summed E-state index contributed by atoms with van der Waals surface area (Å²) in [5.41, 5.74) is 2.79. The molecule has 0 spiro atoms. The second-order valence-electron chi connectivity index (χ2n) is 3.49. The van der Waals surface area contributed by atoms with Crippen LogP contribution < -0.4 is 0 Å². The van der Waals surface area contributed by atoms with Crippen molar-refractivity contribution in [1.29, 1.82) is 0 Å². The average Bonchev–Trinajstić information content (AvgIpc) is 2.58. The molecule has 1 aromatic heterocycles. The van der Waals surface area contributed by atoms with E-state index in [0.717, 1.165) is 22.6 Å². The summed E-state index contributed by atoms with van der Waals surface area (Å²) >= 11 is 0. The summed E-state index contributed by atoms with van der Waals surface area (Å²) in [6, 6.07) is 7.66. The van der Waals surface area contributed by atoms with E-state index in [1.807, 2.05) is 38.1 Å². The summed E-state index contributed by atoms with van der Waals surface area (Å²) in [4.78, 5) is 4.31. The summed E-state index contributed by atoms with van der Waals surface area (Å²) in [5, 5.41) is 8.92. The Balaban J connectivity index is 2.41. The zero-order chi connectivity index (χ0) is 10.8. The van der Waals surface area contributed by atoms with Crippen molar-refractivity contribution in [2.24, 2.45) is 0 Å². The second-order valence-corrected chi connectivity index (χ2v) is 3.49. The summed E-state index contributed by atoms with van der Waals surface area (Å²) in [6.07, 6.45) is 0. The molecular weight excluding hydrogens is 190 g/mol. The second kappa shape index (κ2) is 3.87. The van der Waals surface area contributed by atoms with E-state index in [9.17, 15) is 0 Å². The van der Waals surface area contributed by atoms with Crippen molar-refractivity contribution in [1.82, 2.24) is 4.98 Å². The van der Waals surface area contributed by atoms with E-state index in [2.05, 4.69) is 4.98 Å². The van der Waals surface area contributed by atoms with Gasteiger partial charge in [0.25, 0.3) is 0 Å². The Morgan fingerprint density at radius 3 is 2.33 bits per heavy atom. The molecule has 2 rings (SSSR count). The van der Waals surface area contributed by atoms with Gasteiger partial charge in [0.1, 0.15) is 11.5 Å². The van der Waals surface area contributed by atoms with Crippen LogP contribution in [0, 0.1) is 13.8 Å². The molecule has 0 amide bonds. The van der Waals surface area contributed by atoms with Crippen molar-refractivity contribution in [3.05, 3.63) is 41.5 Å². The molecule has 78 valence electrons. The minimum Gasteiger partial charge on any atom is -0.446 e. The van der Waals surface area contributed by atoms with Gasteiger partial charge in [-0.2, -0.15) is 0 Å². The SMILES string of the molecule is Cc1nc(-c2ccc(CO)cc2)c(C)o1. The smallest absolute Gasteiger partial charge is 0.191 e. The van der Waals surface area contributed by atoms with E-state index in [4.69, 9.17) is 9.52 Å². The number of aliphatic hydroxyl groups excluding tert-OH is 1. The van der Waals surface area contributed by atoms with E-state index in [1.165, 1.54) is 0 Å². The minimum atomic E-state index is 0.0666.